The van der Waals surface area contributed by atoms with Gasteiger partial charge in [0.15, 0.2) is 0 Å². The first-order valence-corrected chi connectivity index (χ1v) is 8.53. The highest BCUT2D eigenvalue weighted by Gasteiger charge is 2.10. The molecule has 128 valence electrons. The number of nitrogens with zero attached hydrogens (tertiary/aromatic N) is 2. The molecule has 0 saturated carbocycles. The van der Waals surface area contributed by atoms with Gasteiger partial charge in [0.05, 0.1) is 6.10 Å². The molecule has 2 atom stereocenters. The Labute approximate surface area is 148 Å². The van der Waals surface area contributed by atoms with Crippen molar-refractivity contribution in [1.82, 2.24) is 15.3 Å². The number of nitrogens with one attached hydrogen (secondary N) is 1. The monoisotopic (exact) mass is 333 g/mol. The number of aliphatic hydroxyl groups excluding tert-OH is 1. The predicted octanol–water partition coefficient (Wildman–Crippen LogP) is 3.40. The van der Waals surface area contributed by atoms with Gasteiger partial charge in [0, 0.05) is 30.5 Å². The van der Waals surface area contributed by atoms with Crippen molar-refractivity contribution in [3.63, 3.8) is 0 Å². The molecule has 25 heavy (non-hydrogen) atoms. The van der Waals surface area contributed by atoms with Gasteiger partial charge in [-0.1, -0.05) is 54.6 Å². The minimum atomic E-state index is -0.398. The zero-order valence-corrected chi connectivity index (χ0v) is 14.3. The van der Waals surface area contributed by atoms with Gasteiger partial charge in [0.1, 0.15) is 6.33 Å². The summed E-state index contributed by atoms with van der Waals surface area (Å²) in [6.45, 7) is 2.67. The van der Waals surface area contributed by atoms with E-state index in [9.17, 15) is 5.11 Å². The van der Waals surface area contributed by atoms with Gasteiger partial charge in [0.2, 0.25) is 0 Å². The molecule has 0 aliphatic rings. The molecular weight excluding hydrogens is 310 g/mol. The normalized spacial score (nSPS) is 13.4. The Balaban J connectivity index is 1.53. The third kappa shape index (κ3) is 4.95. The number of hydrogen-bond acceptors (Lipinski definition) is 4. The summed E-state index contributed by atoms with van der Waals surface area (Å²) in [5.74, 6) is 0. The summed E-state index contributed by atoms with van der Waals surface area (Å²) in [6.07, 6.45) is 5.41. The van der Waals surface area contributed by atoms with Gasteiger partial charge >= 0.3 is 0 Å². The summed E-state index contributed by atoms with van der Waals surface area (Å²) < 4.78 is 0. The van der Waals surface area contributed by atoms with E-state index in [4.69, 9.17) is 0 Å². The molecule has 2 aromatic carbocycles. The maximum atomic E-state index is 10.2. The van der Waals surface area contributed by atoms with E-state index in [2.05, 4.69) is 46.5 Å². The molecule has 0 spiro atoms. The number of benzene rings is 2. The van der Waals surface area contributed by atoms with Crippen molar-refractivity contribution in [3.05, 3.63) is 84.4 Å². The lowest BCUT2D eigenvalue weighted by Crippen LogP contribution is -2.30. The van der Waals surface area contributed by atoms with Gasteiger partial charge in [-0.2, -0.15) is 0 Å². The summed E-state index contributed by atoms with van der Waals surface area (Å²) >= 11 is 0. The Kier molecular flexibility index (Phi) is 5.88. The molecule has 0 saturated heterocycles. The molecule has 0 fully saturated rings. The van der Waals surface area contributed by atoms with E-state index in [0.29, 0.717) is 13.0 Å². The van der Waals surface area contributed by atoms with Crippen molar-refractivity contribution in [1.29, 1.82) is 0 Å². The maximum absolute atomic E-state index is 10.2. The van der Waals surface area contributed by atoms with E-state index >= 15 is 0 Å². The first-order chi connectivity index (χ1) is 12.2. The largest absolute Gasteiger partial charge is 0.391 e. The lowest BCUT2D eigenvalue weighted by atomic mass is 10.0. The van der Waals surface area contributed by atoms with Gasteiger partial charge in [-0.3, -0.25) is 0 Å². The molecule has 3 rings (SSSR count). The van der Waals surface area contributed by atoms with Gasteiger partial charge < -0.3 is 10.4 Å². The molecule has 0 bridgehead atoms. The lowest BCUT2D eigenvalue weighted by Gasteiger charge is -2.18. The molecule has 0 amide bonds. The molecule has 3 aromatic rings. The Morgan fingerprint density at radius 1 is 0.920 bits per heavy atom. The Morgan fingerprint density at radius 3 is 2.28 bits per heavy atom. The van der Waals surface area contributed by atoms with Crippen LogP contribution in [-0.4, -0.2) is 27.7 Å². The summed E-state index contributed by atoms with van der Waals surface area (Å²) in [7, 11) is 0. The molecule has 0 aliphatic heterocycles. The standard InChI is InChI=1S/C21H23N3O/c1-16(24-14-21(25)11-17-5-3-2-4-6-17)18-7-9-19(10-8-18)20-12-22-15-23-13-20/h2-10,12-13,15-16,21,24-25H,11,14H2,1H3. The average Bonchev–Trinajstić information content (AvgIpc) is 2.68. The molecule has 4 nitrogen and oxygen atoms in total. The number of aromatic nitrogens is 2. The topological polar surface area (TPSA) is 58.0 Å². The average molecular weight is 333 g/mol. The minimum absolute atomic E-state index is 0.173. The Hall–Kier alpha value is -2.56. The SMILES string of the molecule is CC(NCC(O)Cc1ccccc1)c1ccc(-c2cncnc2)cc1. The molecule has 4 heteroatoms. The van der Waals surface area contributed by atoms with Gasteiger partial charge in [-0.05, 0) is 30.0 Å². The molecule has 1 aromatic heterocycles. The van der Waals surface area contributed by atoms with Crippen LogP contribution in [-0.2, 0) is 6.42 Å². The van der Waals surface area contributed by atoms with E-state index in [1.54, 1.807) is 0 Å². The van der Waals surface area contributed by atoms with Crippen LogP contribution in [0.1, 0.15) is 24.1 Å². The quantitative estimate of drug-likeness (QED) is 0.696. The lowest BCUT2D eigenvalue weighted by molar-refractivity contribution is 0.168. The van der Waals surface area contributed by atoms with Crippen LogP contribution in [0.15, 0.2) is 73.3 Å². The van der Waals surface area contributed by atoms with Gasteiger partial charge in [-0.15, -0.1) is 0 Å². The van der Waals surface area contributed by atoms with Crippen molar-refractivity contribution in [2.24, 2.45) is 0 Å². The second-order valence-electron chi connectivity index (χ2n) is 6.22. The molecule has 2 N–H and O–H groups in total. The second-order valence-corrected chi connectivity index (χ2v) is 6.22. The van der Waals surface area contributed by atoms with Crippen molar-refractivity contribution in [3.8, 4) is 11.1 Å². The third-order valence-corrected chi connectivity index (χ3v) is 4.28. The maximum Gasteiger partial charge on any atom is 0.115 e. The van der Waals surface area contributed by atoms with E-state index in [-0.39, 0.29) is 6.04 Å². The van der Waals surface area contributed by atoms with E-state index in [1.807, 2.05) is 42.7 Å². The van der Waals surface area contributed by atoms with E-state index < -0.39 is 6.10 Å². The fourth-order valence-electron chi connectivity index (χ4n) is 2.80. The first-order valence-electron chi connectivity index (χ1n) is 8.53. The van der Waals surface area contributed by atoms with Gasteiger partial charge in [0.25, 0.3) is 0 Å². The first kappa shape index (κ1) is 17.3. The molecule has 0 aliphatic carbocycles. The van der Waals surface area contributed by atoms with E-state index in [1.165, 1.54) is 11.9 Å². The Bertz CT molecular complexity index is 760. The Morgan fingerprint density at radius 2 is 1.60 bits per heavy atom. The zero-order valence-electron chi connectivity index (χ0n) is 14.3. The highest BCUT2D eigenvalue weighted by Crippen LogP contribution is 2.20. The van der Waals surface area contributed by atoms with Crippen molar-refractivity contribution >= 4 is 0 Å². The summed E-state index contributed by atoms with van der Waals surface area (Å²) in [4.78, 5) is 8.10. The van der Waals surface area contributed by atoms with Crippen LogP contribution < -0.4 is 5.32 Å². The van der Waals surface area contributed by atoms with Crippen molar-refractivity contribution in [2.75, 3.05) is 6.54 Å². The number of aliphatic hydroxyl groups is 1. The van der Waals surface area contributed by atoms with Crippen molar-refractivity contribution in [2.45, 2.75) is 25.5 Å². The number of rotatable bonds is 7. The molecule has 1 heterocycles. The van der Waals surface area contributed by atoms with Crippen LogP contribution in [0, 0.1) is 0 Å². The van der Waals surface area contributed by atoms with Gasteiger partial charge in [-0.25, -0.2) is 9.97 Å². The predicted molar refractivity (Wildman–Crippen MR) is 100 cm³/mol. The van der Waals surface area contributed by atoms with Crippen LogP contribution >= 0.6 is 0 Å². The molecular formula is C21H23N3O. The fraction of sp³-hybridized carbons (Fsp3) is 0.238. The minimum Gasteiger partial charge on any atom is -0.391 e. The molecule has 0 radical (unpaired) electrons. The second kappa shape index (κ2) is 8.51. The van der Waals surface area contributed by atoms with Crippen LogP contribution in [0.4, 0.5) is 0 Å². The number of hydrogen-bond donors (Lipinski definition) is 2. The van der Waals surface area contributed by atoms with Crippen LogP contribution in [0.3, 0.4) is 0 Å². The highest BCUT2D eigenvalue weighted by molar-refractivity contribution is 5.61. The van der Waals surface area contributed by atoms with Crippen LogP contribution in [0.2, 0.25) is 0 Å². The van der Waals surface area contributed by atoms with Crippen molar-refractivity contribution < 1.29 is 5.11 Å². The van der Waals surface area contributed by atoms with E-state index in [0.717, 1.165) is 16.7 Å². The summed E-state index contributed by atoms with van der Waals surface area (Å²) in [5.41, 5.74) is 4.44. The summed E-state index contributed by atoms with van der Waals surface area (Å²) in [6, 6.07) is 18.6. The highest BCUT2D eigenvalue weighted by atomic mass is 16.3. The van der Waals surface area contributed by atoms with Crippen LogP contribution in [0.25, 0.3) is 11.1 Å². The fourth-order valence-corrected chi connectivity index (χ4v) is 2.80. The zero-order chi connectivity index (χ0) is 17.5. The smallest absolute Gasteiger partial charge is 0.115 e. The van der Waals surface area contributed by atoms with Crippen LogP contribution in [0.5, 0.6) is 0 Å². The third-order valence-electron chi connectivity index (χ3n) is 4.28. The summed E-state index contributed by atoms with van der Waals surface area (Å²) in [5, 5.41) is 13.6. The molecule has 2 unspecified atom stereocenters.